The van der Waals surface area contributed by atoms with Gasteiger partial charge in [-0.1, -0.05) is 12.1 Å². The van der Waals surface area contributed by atoms with E-state index in [0.717, 1.165) is 47.8 Å². The highest BCUT2D eigenvalue weighted by Gasteiger charge is 2.31. The minimum absolute atomic E-state index is 0.0154. The first-order chi connectivity index (χ1) is 12.7. The monoisotopic (exact) mass is 350 g/mol. The molecule has 0 aliphatic carbocycles. The lowest BCUT2D eigenvalue weighted by molar-refractivity contribution is -0.132. The van der Waals surface area contributed by atoms with E-state index in [9.17, 15) is 4.79 Å². The van der Waals surface area contributed by atoms with Crippen LogP contribution in [0.2, 0.25) is 0 Å². The lowest BCUT2D eigenvalue weighted by Crippen LogP contribution is -2.34. The summed E-state index contributed by atoms with van der Waals surface area (Å²) in [6.45, 7) is 2.99. The van der Waals surface area contributed by atoms with Gasteiger partial charge in [0.15, 0.2) is 0 Å². The van der Waals surface area contributed by atoms with Gasteiger partial charge >= 0.3 is 0 Å². The highest BCUT2D eigenvalue weighted by Crippen LogP contribution is 2.31. The third-order valence-electron chi connectivity index (χ3n) is 4.96. The second-order valence-electron chi connectivity index (χ2n) is 6.56. The molecule has 7 heteroatoms. The molecule has 134 valence electrons. The topological polar surface area (TPSA) is 75.9 Å². The number of hydrogen-bond acceptors (Lipinski definition) is 5. The number of hydrogen-bond donors (Lipinski definition) is 1. The fourth-order valence-electron chi connectivity index (χ4n) is 3.66. The maximum atomic E-state index is 13.1. The van der Waals surface area contributed by atoms with Gasteiger partial charge in [-0.3, -0.25) is 9.78 Å². The highest BCUT2D eigenvalue weighted by atomic mass is 16.2. The number of nitrogens with zero attached hydrogens (tertiary/aromatic N) is 5. The van der Waals surface area contributed by atoms with Gasteiger partial charge < -0.3 is 14.8 Å². The standard InChI is InChI=1S/C19H22N6O/c1-13-22-14-6-3-4-7-16(14)25(13)12-19(26)24-9-5-8-17(24)15-10-21-11-18(20-2)23-15/h3-4,6-7,10-11,17H,5,8-9,12H2,1-2H3,(H,20,23)/t17-/m0/s1. The smallest absolute Gasteiger partial charge is 0.243 e. The Bertz CT molecular complexity index is 950. The Morgan fingerprint density at radius 2 is 2.12 bits per heavy atom. The molecule has 1 amide bonds. The van der Waals surface area contributed by atoms with Gasteiger partial charge in [0, 0.05) is 13.6 Å². The van der Waals surface area contributed by atoms with E-state index >= 15 is 0 Å². The molecule has 3 heterocycles. The fraction of sp³-hybridized carbons (Fsp3) is 0.368. The highest BCUT2D eigenvalue weighted by molar-refractivity contribution is 5.81. The molecule has 0 unspecified atom stereocenters. The van der Waals surface area contributed by atoms with E-state index in [4.69, 9.17) is 0 Å². The molecule has 1 aliphatic rings. The average Bonchev–Trinajstić information content (AvgIpc) is 3.27. The normalized spacial score (nSPS) is 17.0. The van der Waals surface area contributed by atoms with E-state index in [1.54, 1.807) is 12.4 Å². The van der Waals surface area contributed by atoms with Crippen LogP contribution < -0.4 is 5.32 Å². The lowest BCUT2D eigenvalue weighted by Gasteiger charge is -2.25. The molecular weight excluding hydrogens is 328 g/mol. The van der Waals surface area contributed by atoms with Crippen molar-refractivity contribution in [3.63, 3.8) is 0 Å². The maximum absolute atomic E-state index is 13.1. The third kappa shape index (κ3) is 2.89. The summed E-state index contributed by atoms with van der Waals surface area (Å²) >= 11 is 0. The molecule has 1 saturated heterocycles. The first kappa shape index (κ1) is 16.5. The largest absolute Gasteiger partial charge is 0.372 e. The molecule has 0 saturated carbocycles. The van der Waals surface area contributed by atoms with Crippen molar-refractivity contribution in [2.75, 3.05) is 18.9 Å². The number of carbonyl (C=O) groups is 1. The first-order valence-electron chi connectivity index (χ1n) is 8.88. The molecule has 4 rings (SSSR count). The average molecular weight is 350 g/mol. The Hall–Kier alpha value is -2.96. The van der Waals surface area contributed by atoms with Crippen LogP contribution in [0.1, 0.15) is 30.4 Å². The van der Waals surface area contributed by atoms with Crippen molar-refractivity contribution >= 4 is 22.8 Å². The van der Waals surface area contributed by atoms with Crippen LogP contribution in [0.25, 0.3) is 11.0 Å². The Labute approximate surface area is 152 Å². The van der Waals surface area contributed by atoms with Gasteiger partial charge in [-0.25, -0.2) is 9.97 Å². The van der Waals surface area contributed by atoms with Crippen molar-refractivity contribution in [1.29, 1.82) is 0 Å². The summed E-state index contributed by atoms with van der Waals surface area (Å²) in [5.74, 6) is 1.67. The van der Waals surface area contributed by atoms with Crippen LogP contribution in [0.15, 0.2) is 36.7 Å². The number of para-hydroxylation sites is 2. The summed E-state index contributed by atoms with van der Waals surface area (Å²) in [6.07, 6.45) is 5.34. The molecule has 7 nitrogen and oxygen atoms in total. The van der Waals surface area contributed by atoms with Gasteiger partial charge in [0.05, 0.1) is 35.2 Å². The van der Waals surface area contributed by atoms with E-state index < -0.39 is 0 Å². The zero-order valence-electron chi connectivity index (χ0n) is 15.0. The van der Waals surface area contributed by atoms with Crippen molar-refractivity contribution in [1.82, 2.24) is 24.4 Å². The zero-order chi connectivity index (χ0) is 18.1. The number of carbonyl (C=O) groups excluding carboxylic acids is 1. The van der Waals surface area contributed by atoms with Gasteiger partial charge in [-0.15, -0.1) is 0 Å². The molecule has 1 N–H and O–H groups in total. The number of fused-ring (bicyclic) bond motifs is 1. The maximum Gasteiger partial charge on any atom is 0.243 e. The van der Waals surface area contributed by atoms with Crippen molar-refractivity contribution in [2.45, 2.75) is 32.4 Å². The number of likely N-dealkylation sites (tertiary alicyclic amines) is 1. The zero-order valence-corrected chi connectivity index (χ0v) is 15.0. The Kier molecular flexibility index (Phi) is 4.28. The minimum atomic E-state index is -0.0154. The van der Waals surface area contributed by atoms with Crippen LogP contribution in [0.3, 0.4) is 0 Å². The van der Waals surface area contributed by atoms with Crippen LogP contribution in [0.5, 0.6) is 0 Å². The molecule has 0 spiro atoms. The summed E-state index contributed by atoms with van der Waals surface area (Å²) in [5.41, 5.74) is 2.75. The van der Waals surface area contributed by atoms with Crippen molar-refractivity contribution < 1.29 is 4.79 Å². The second-order valence-corrected chi connectivity index (χ2v) is 6.56. The van der Waals surface area contributed by atoms with Crippen LogP contribution >= 0.6 is 0 Å². The molecule has 3 aromatic rings. The molecule has 1 aliphatic heterocycles. The van der Waals surface area contributed by atoms with Crippen LogP contribution in [0, 0.1) is 6.92 Å². The number of amides is 1. The Morgan fingerprint density at radius 1 is 1.27 bits per heavy atom. The molecule has 26 heavy (non-hydrogen) atoms. The van der Waals surface area contributed by atoms with E-state index in [1.807, 2.05) is 47.7 Å². The van der Waals surface area contributed by atoms with Gasteiger partial charge in [0.25, 0.3) is 0 Å². The Morgan fingerprint density at radius 3 is 2.96 bits per heavy atom. The summed E-state index contributed by atoms with van der Waals surface area (Å²) < 4.78 is 1.99. The van der Waals surface area contributed by atoms with Crippen LogP contribution in [0.4, 0.5) is 5.82 Å². The minimum Gasteiger partial charge on any atom is -0.372 e. The quantitative estimate of drug-likeness (QED) is 0.782. The number of nitrogens with one attached hydrogen (secondary N) is 1. The molecule has 1 atom stereocenters. The van der Waals surface area contributed by atoms with Crippen LogP contribution in [-0.2, 0) is 11.3 Å². The molecule has 2 aromatic heterocycles. The number of benzene rings is 1. The number of aryl methyl sites for hydroxylation is 1. The van der Waals surface area contributed by atoms with Gasteiger partial charge in [0.1, 0.15) is 18.2 Å². The van der Waals surface area contributed by atoms with Gasteiger partial charge in [-0.05, 0) is 31.9 Å². The summed E-state index contributed by atoms with van der Waals surface area (Å²) in [4.78, 5) is 28.4. The summed E-state index contributed by atoms with van der Waals surface area (Å²) in [5, 5.41) is 3.01. The Balaban J connectivity index is 1.59. The summed E-state index contributed by atoms with van der Waals surface area (Å²) in [6, 6.07) is 7.90. The predicted molar refractivity (Wildman–Crippen MR) is 99.7 cm³/mol. The predicted octanol–water partition coefficient (Wildman–Crippen LogP) is 2.54. The van der Waals surface area contributed by atoms with E-state index in [2.05, 4.69) is 20.3 Å². The second kappa shape index (κ2) is 6.74. The van der Waals surface area contributed by atoms with Gasteiger partial charge in [-0.2, -0.15) is 0 Å². The lowest BCUT2D eigenvalue weighted by atomic mass is 10.1. The SMILES string of the molecule is CNc1cncc([C@@H]2CCCN2C(=O)Cn2c(C)nc3ccccc32)n1. The van der Waals surface area contributed by atoms with Crippen molar-refractivity contribution in [3.8, 4) is 0 Å². The number of imidazole rings is 1. The summed E-state index contributed by atoms with van der Waals surface area (Å²) in [7, 11) is 1.82. The van der Waals surface area contributed by atoms with Crippen molar-refractivity contribution in [3.05, 3.63) is 48.2 Å². The molecule has 0 radical (unpaired) electrons. The first-order valence-corrected chi connectivity index (χ1v) is 8.88. The van der Waals surface area contributed by atoms with E-state index in [0.29, 0.717) is 6.54 Å². The number of aromatic nitrogens is 4. The fourth-order valence-corrected chi connectivity index (χ4v) is 3.66. The molecular formula is C19H22N6O. The number of anilines is 1. The molecule has 0 bridgehead atoms. The van der Waals surface area contributed by atoms with E-state index in [1.165, 1.54) is 0 Å². The van der Waals surface area contributed by atoms with Crippen molar-refractivity contribution in [2.24, 2.45) is 0 Å². The van der Waals surface area contributed by atoms with E-state index in [-0.39, 0.29) is 11.9 Å². The van der Waals surface area contributed by atoms with Gasteiger partial charge in [0.2, 0.25) is 5.91 Å². The number of rotatable bonds is 4. The molecule has 1 aromatic carbocycles. The van der Waals surface area contributed by atoms with Crippen LogP contribution in [-0.4, -0.2) is 43.9 Å². The third-order valence-corrected chi connectivity index (χ3v) is 4.96. The molecule has 1 fully saturated rings.